The number of phenols is 3. The Kier molecular flexibility index (Phi) is 2.84. The Morgan fingerprint density at radius 2 is 1.59 bits per heavy atom. The number of phenolic OH excluding ortho intramolecular Hbond substituents is 3. The molecule has 1 aliphatic carbocycles. The molecule has 2 aromatic carbocycles. The molecular weight excluding hydrogens is 288 g/mol. The van der Waals surface area contributed by atoms with Crippen molar-refractivity contribution in [2.24, 2.45) is 0 Å². The van der Waals surface area contributed by atoms with Crippen LogP contribution in [0.5, 0.6) is 23.0 Å². The van der Waals surface area contributed by atoms with E-state index in [4.69, 9.17) is 4.74 Å². The molecular formula is C16H12O6. The van der Waals surface area contributed by atoms with Gasteiger partial charge in [-0.1, -0.05) is 12.1 Å². The van der Waals surface area contributed by atoms with Gasteiger partial charge in [0.15, 0.2) is 17.3 Å². The minimum Gasteiger partial charge on any atom is -0.507 e. The van der Waals surface area contributed by atoms with Crippen LogP contribution < -0.4 is 4.74 Å². The van der Waals surface area contributed by atoms with Crippen LogP contribution in [-0.2, 0) is 0 Å². The molecule has 1 aliphatic rings. The van der Waals surface area contributed by atoms with Gasteiger partial charge >= 0.3 is 0 Å². The molecule has 0 atom stereocenters. The van der Waals surface area contributed by atoms with E-state index >= 15 is 0 Å². The summed E-state index contributed by atoms with van der Waals surface area (Å²) < 4.78 is 5.05. The van der Waals surface area contributed by atoms with Gasteiger partial charge < -0.3 is 20.1 Å². The first kappa shape index (κ1) is 13.9. The van der Waals surface area contributed by atoms with E-state index in [1.807, 2.05) is 0 Å². The molecule has 0 saturated carbocycles. The van der Waals surface area contributed by atoms with Crippen molar-refractivity contribution in [1.82, 2.24) is 0 Å². The Hall–Kier alpha value is -3.02. The third kappa shape index (κ3) is 1.54. The fraction of sp³-hybridized carbons (Fsp3) is 0.125. The summed E-state index contributed by atoms with van der Waals surface area (Å²) in [5, 5.41) is 30.1. The van der Waals surface area contributed by atoms with Gasteiger partial charge in [0, 0.05) is 11.1 Å². The minimum absolute atomic E-state index is 0.00143. The molecule has 6 heteroatoms. The summed E-state index contributed by atoms with van der Waals surface area (Å²) >= 11 is 0. The van der Waals surface area contributed by atoms with Gasteiger partial charge in [-0.15, -0.1) is 0 Å². The molecule has 6 nitrogen and oxygen atoms in total. The Morgan fingerprint density at radius 3 is 2.23 bits per heavy atom. The minimum atomic E-state index is -0.693. The van der Waals surface area contributed by atoms with Gasteiger partial charge in [0.1, 0.15) is 11.5 Å². The van der Waals surface area contributed by atoms with Crippen LogP contribution in [0.2, 0.25) is 0 Å². The lowest BCUT2D eigenvalue weighted by molar-refractivity contribution is 0.0971. The summed E-state index contributed by atoms with van der Waals surface area (Å²) in [4.78, 5) is 25.3. The first-order chi connectivity index (χ1) is 10.4. The molecule has 0 unspecified atom stereocenters. The van der Waals surface area contributed by atoms with Gasteiger partial charge in [-0.25, -0.2) is 0 Å². The summed E-state index contributed by atoms with van der Waals surface area (Å²) in [5.41, 5.74) is -0.617. The van der Waals surface area contributed by atoms with Gasteiger partial charge in [-0.3, -0.25) is 9.59 Å². The van der Waals surface area contributed by atoms with E-state index in [1.54, 1.807) is 0 Å². The van der Waals surface area contributed by atoms with Crippen LogP contribution >= 0.6 is 0 Å². The molecule has 112 valence electrons. The molecule has 0 aliphatic heterocycles. The van der Waals surface area contributed by atoms with Crippen molar-refractivity contribution >= 4 is 11.6 Å². The standard InChI is InChI=1S/C16H12O6/c1-6-12(18)10-11(16(22-2)13(6)19)14(20)7-4-3-5-8(17)9(7)15(10)21/h3-5,17-19H,1-2H3. The second kappa shape index (κ2) is 4.49. The summed E-state index contributed by atoms with van der Waals surface area (Å²) in [6.45, 7) is 1.39. The molecule has 3 rings (SSSR count). The summed E-state index contributed by atoms with van der Waals surface area (Å²) in [7, 11) is 1.25. The smallest absolute Gasteiger partial charge is 0.202 e. The van der Waals surface area contributed by atoms with Gasteiger partial charge in [0.25, 0.3) is 0 Å². The monoisotopic (exact) mass is 300 g/mol. The van der Waals surface area contributed by atoms with Crippen molar-refractivity contribution in [3.8, 4) is 23.0 Å². The van der Waals surface area contributed by atoms with Gasteiger partial charge in [0.05, 0.1) is 23.8 Å². The molecule has 0 aromatic heterocycles. The number of carbonyl (C=O) groups excluding carboxylic acids is 2. The van der Waals surface area contributed by atoms with Gasteiger partial charge in [-0.2, -0.15) is 0 Å². The van der Waals surface area contributed by atoms with Gasteiger partial charge in [-0.05, 0) is 13.0 Å². The van der Waals surface area contributed by atoms with Crippen LogP contribution in [0.25, 0.3) is 0 Å². The highest BCUT2D eigenvalue weighted by Gasteiger charge is 2.38. The van der Waals surface area contributed by atoms with Crippen molar-refractivity contribution < 1.29 is 29.6 Å². The van der Waals surface area contributed by atoms with E-state index in [0.717, 1.165) is 0 Å². The highest BCUT2D eigenvalue weighted by molar-refractivity contribution is 6.31. The zero-order chi connectivity index (χ0) is 16.2. The fourth-order valence-electron chi connectivity index (χ4n) is 2.68. The number of aromatic hydroxyl groups is 3. The molecule has 0 amide bonds. The quantitative estimate of drug-likeness (QED) is 0.634. The number of ketones is 2. The second-order valence-electron chi connectivity index (χ2n) is 4.96. The van der Waals surface area contributed by atoms with Crippen LogP contribution in [0.15, 0.2) is 18.2 Å². The van der Waals surface area contributed by atoms with Crippen LogP contribution in [0.3, 0.4) is 0 Å². The van der Waals surface area contributed by atoms with Crippen molar-refractivity contribution in [3.63, 3.8) is 0 Å². The topological polar surface area (TPSA) is 104 Å². The van der Waals surface area contributed by atoms with E-state index in [9.17, 15) is 24.9 Å². The lowest BCUT2D eigenvalue weighted by Gasteiger charge is -2.23. The SMILES string of the molecule is COc1c(O)c(C)c(O)c2c1C(=O)c1cccc(O)c1C2=O. The molecule has 2 aromatic rings. The maximum atomic E-state index is 12.6. The average Bonchev–Trinajstić information content (AvgIpc) is 2.50. The highest BCUT2D eigenvalue weighted by atomic mass is 16.5. The molecule has 0 spiro atoms. The zero-order valence-corrected chi connectivity index (χ0v) is 11.8. The van der Waals surface area contributed by atoms with Crippen molar-refractivity contribution in [3.05, 3.63) is 46.0 Å². The van der Waals surface area contributed by atoms with Crippen LogP contribution in [0.4, 0.5) is 0 Å². The number of fused-ring (bicyclic) bond motifs is 2. The molecule has 0 heterocycles. The highest BCUT2D eigenvalue weighted by Crippen LogP contribution is 2.47. The molecule has 22 heavy (non-hydrogen) atoms. The Morgan fingerprint density at radius 1 is 0.909 bits per heavy atom. The number of hydrogen-bond acceptors (Lipinski definition) is 6. The summed E-state index contributed by atoms with van der Waals surface area (Å²) in [6.07, 6.45) is 0. The molecule has 0 bridgehead atoms. The normalized spacial score (nSPS) is 12.8. The van der Waals surface area contributed by atoms with Crippen molar-refractivity contribution in [2.75, 3.05) is 7.11 Å². The van der Waals surface area contributed by atoms with E-state index in [1.165, 1.54) is 32.2 Å². The van der Waals surface area contributed by atoms with Crippen LogP contribution in [0.1, 0.15) is 37.4 Å². The maximum Gasteiger partial charge on any atom is 0.202 e. The van der Waals surface area contributed by atoms with Crippen LogP contribution in [-0.4, -0.2) is 34.0 Å². The number of ether oxygens (including phenoxy) is 1. The molecule has 0 fully saturated rings. The largest absolute Gasteiger partial charge is 0.507 e. The number of hydrogen-bond donors (Lipinski definition) is 3. The Labute approximate surface area is 125 Å². The average molecular weight is 300 g/mol. The Bertz CT molecular complexity index is 850. The maximum absolute atomic E-state index is 12.6. The number of rotatable bonds is 1. The summed E-state index contributed by atoms with van der Waals surface area (Å²) in [5.74, 6) is -2.71. The molecule has 0 saturated heterocycles. The van der Waals surface area contributed by atoms with E-state index in [2.05, 4.69) is 0 Å². The predicted molar refractivity (Wildman–Crippen MR) is 76.0 cm³/mol. The van der Waals surface area contributed by atoms with Gasteiger partial charge in [0.2, 0.25) is 5.78 Å². The number of carbonyl (C=O) groups is 2. The van der Waals surface area contributed by atoms with E-state index in [-0.39, 0.29) is 39.3 Å². The van der Waals surface area contributed by atoms with E-state index < -0.39 is 23.1 Å². The second-order valence-corrected chi connectivity index (χ2v) is 4.96. The van der Waals surface area contributed by atoms with Crippen molar-refractivity contribution in [2.45, 2.75) is 6.92 Å². The Balaban J connectivity index is 2.47. The van der Waals surface area contributed by atoms with Crippen molar-refractivity contribution in [1.29, 1.82) is 0 Å². The third-order valence-corrected chi connectivity index (χ3v) is 3.81. The summed E-state index contributed by atoms with van der Waals surface area (Å²) in [6, 6.07) is 4.12. The fourth-order valence-corrected chi connectivity index (χ4v) is 2.68. The molecule has 0 radical (unpaired) electrons. The van der Waals surface area contributed by atoms with Crippen LogP contribution in [0, 0.1) is 6.92 Å². The number of methoxy groups -OCH3 is 1. The number of benzene rings is 2. The first-order valence-electron chi connectivity index (χ1n) is 6.44. The predicted octanol–water partition coefficient (Wildman–Crippen LogP) is 1.90. The third-order valence-electron chi connectivity index (χ3n) is 3.81. The first-order valence-corrected chi connectivity index (χ1v) is 6.44. The molecule has 3 N–H and O–H groups in total. The lowest BCUT2D eigenvalue weighted by Crippen LogP contribution is -2.22. The zero-order valence-electron chi connectivity index (χ0n) is 11.8. The lowest BCUT2D eigenvalue weighted by atomic mass is 9.81. The van der Waals surface area contributed by atoms with E-state index in [0.29, 0.717) is 0 Å².